The van der Waals surface area contributed by atoms with E-state index in [1.807, 2.05) is 0 Å². The van der Waals surface area contributed by atoms with Gasteiger partial charge in [-0.25, -0.2) is 0 Å². The zero-order valence-corrected chi connectivity index (χ0v) is 16.7. The van der Waals surface area contributed by atoms with Crippen LogP contribution in [0.3, 0.4) is 0 Å². The highest BCUT2D eigenvalue weighted by Crippen LogP contribution is 2.45. The molecule has 0 spiro atoms. The Balaban J connectivity index is 1.78. The molecule has 1 aliphatic carbocycles. The largest absolute Gasteiger partial charge is 0.451 e. The van der Waals surface area contributed by atoms with Crippen molar-refractivity contribution in [3.05, 3.63) is 71.0 Å². The van der Waals surface area contributed by atoms with Crippen molar-refractivity contribution in [1.29, 1.82) is 0 Å². The minimum absolute atomic E-state index is 0.0630. The third-order valence-corrected chi connectivity index (χ3v) is 5.31. The van der Waals surface area contributed by atoms with Crippen LogP contribution < -0.4 is 5.73 Å². The molecule has 0 aliphatic heterocycles. The third kappa shape index (κ3) is 4.53. The van der Waals surface area contributed by atoms with E-state index in [2.05, 4.69) is 0 Å². The van der Waals surface area contributed by atoms with Gasteiger partial charge in [0.2, 0.25) is 5.91 Å². The van der Waals surface area contributed by atoms with Gasteiger partial charge in [-0.05, 0) is 48.7 Å². The number of nitrogens with two attached hydrogens (primary N) is 1. The number of hydrogen-bond donors (Lipinski definition) is 1. The molecule has 1 heterocycles. The highest BCUT2D eigenvalue weighted by Gasteiger charge is 2.52. The monoisotopic (exact) mass is 470 g/mol. The molecule has 1 aromatic heterocycles. The Kier molecular flexibility index (Phi) is 5.38. The summed E-state index contributed by atoms with van der Waals surface area (Å²) in [5, 5.41) is 0.349. The Morgan fingerprint density at radius 1 is 1.00 bits per heavy atom. The topological polar surface area (TPSA) is 76.5 Å². The lowest BCUT2D eigenvalue weighted by Gasteiger charge is -2.33. The number of rotatable bonds is 5. The molecule has 4 rings (SSSR count). The standard InChI is InChI=1S/C22H16F6N2O3/c23-21(24,25)14-3-1-2-12(8-14)18(22(26,27)28)30(15-6-7-15)20(32)17-9-11-4-5-13(19(29)31)10-16(11)33-17/h1-5,8-10,15,18H,6-7H2,(H2,29,31). The summed E-state index contributed by atoms with van der Waals surface area (Å²) in [6.07, 6.45) is -9.36. The van der Waals surface area contributed by atoms with Crippen LogP contribution in [0.5, 0.6) is 0 Å². The highest BCUT2D eigenvalue weighted by atomic mass is 19.4. The summed E-state index contributed by atoms with van der Waals surface area (Å²) in [6, 6.07) is 4.70. The number of furan rings is 1. The highest BCUT2D eigenvalue weighted by molar-refractivity contribution is 6.00. The second-order valence-electron chi connectivity index (χ2n) is 7.74. The minimum atomic E-state index is -5.05. The van der Waals surface area contributed by atoms with Crippen molar-refractivity contribution < 1.29 is 40.3 Å². The molecule has 33 heavy (non-hydrogen) atoms. The van der Waals surface area contributed by atoms with Gasteiger partial charge in [-0.15, -0.1) is 0 Å². The van der Waals surface area contributed by atoms with E-state index in [0.29, 0.717) is 22.4 Å². The molecular weight excluding hydrogens is 454 g/mol. The van der Waals surface area contributed by atoms with E-state index in [4.69, 9.17) is 10.2 Å². The smallest absolute Gasteiger partial charge is 0.416 e. The number of alkyl halides is 6. The Morgan fingerprint density at radius 2 is 1.70 bits per heavy atom. The third-order valence-electron chi connectivity index (χ3n) is 5.31. The second kappa shape index (κ2) is 7.82. The summed E-state index contributed by atoms with van der Waals surface area (Å²) >= 11 is 0. The van der Waals surface area contributed by atoms with Gasteiger partial charge in [-0.3, -0.25) is 9.59 Å². The normalized spacial score (nSPS) is 15.5. The van der Waals surface area contributed by atoms with Gasteiger partial charge in [-0.1, -0.05) is 18.2 Å². The molecule has 1 atom stereocenters. The molecule has 1 saturated carbocycles. The number of fused-ring (bicyclic) bond motifs is 1. The van der Waals surface area contributed by atoms with Crippen molar-refractivity contribution in [1.82, 2.24) is 4.90 Å². The second-order valence-corrected chi connectivity index (χ2v) is 7.74. The molecule has 1 unspecified atom stereocenters. The lowest BCUT2D eigenvalue weighted by atomic mass is 10.0. The van der Waals surface area contributed by atoms with Crippen molar-refractivity contribution in [3.8, 4) is 0 Å². The van der Waals surface area contributed by atoms with Crippen LogP contribution in [-0.2, 0) is 6.18 Å². The minimum Gasteiger partial charge on any atom is -0.451 e. The first-order valence-electron chi connectivity index (χ1n) is 9.76. The van der Waals surface area contributed by atoms with E-state index >= 15 is 0 Å². The summed E-state index contributed by atoms with van der Waals surface area (Å²) in [5.41, 5.74) is 3.39. The Morgan fingerprint density at radius 3 is 2.27 bits per heavy atom. The summed E-state index contributed by atoms with van der Waals surface area (Å²) in [7, 11) is 0. The van der Waals surface area contributed by atoms with Crippen LogP contribution in [0.2, 0.25) is 0 Å². The van der Waals surface area contributed by atoms with Gasteiger partial charge in [0.15, 0.2) is 11.8 Å². The maximum Gasteiger partial charge on any atom is 0.416 e. The molecule has 2 aromatic carbocycles. The molecule has 1 fully saturated rings. The number of nitrogens with zero attached hydrogens (tertiary/aromatic N) is 1. The van der Waals surface area contributed by atoms with Crippen molar-refractivity contribution in [2.75, 3.05) is 0 Å². The first kappa shape index (κ1) is 22.7. The van der Waals surface area contributed by atoms with Crippen LogP contribution in [0, 0.1) is 0 Å². The van der Waals surface area contributed by atoms with Gasteiger partial charge in [0.1, 0.15) is 5.58 Å². The quantitative estimate of drug-likeness (QED) is 0.504. The molecule has 1 aliphatic rings. The molecule has 0 saturated heterocycles. The molecule has 3 aromatic rings. The van der Waals surface area contributed by atoms with E-state index in [-0.39, 0.29) is 24.0 Å². The van der Waals surface area contributed by atoms with Gasteiger partial charge < -0.3 is 15.1 Å². The van der Waals surface area contributed by atoms with Gasteiger partial charge in [0.25, 0.3) is 5.91 Å². The number of amides is 2. The number of carbonyl (C=O) groups excluding carboxylic acids is 2. The Labute approximate surface area is 182 Å². The predicted octanol–water partition coefficient (Wildman–Crippen LogP) is 5.46. The maximum absolute atomic E-state index is 14.1. The van der Waals surface area contributed by atoms with Crippen molar-refractivity contribution in [2.45, 2.75) is 37.3 Å². The average Bonchev–Trinajstić information content (AvgIpc) is 3.46. The fourth-order valence-electron chi connectivity index (χ4n) is 3.66. The molecule has 174 valence electrons. The molecule has 0 bridgehead atoms. The molecular formula is C22H16F6N2O3. The molecule has 0 radical (unpaired) electrons. The van der Waals surface area contributed by atoms with E-state index in [1.165, 1.54) is 24.3 Å². The number of hydrogen-bond acceptors (Lipinski definition) is 3. The summed E-state index contributed by atoms with van der Waals surface area (Å²) < 4.78 is 87.2. The van der Waals surface area contributed by atoms with Gasteiger partial charge >= 0.3 is 12.4 Å². The molecule has 2 amide bonds. The average molecular weight is 470 g/mol. The Hall–Kier alpha value is -3.50. The lowest BCUT2D eigenvalue weighted by molar-refractivity contribution is -0.181. The van der Waals surface area contributed by atoms with Gasteiger partial charge in [0.05, 0.1) is 5.56 Å². The van der Waals surface area contributed by atoms with E-state index in [9.17, 15) is 35.9 Å². The number of benzene rings is 2. The lowest BCUT2D eigenvalue weighted by Crippen LogP contribution is -2.43. The first-order chi connectivity index (χ1) is 15.4. The van der Waals surface area contributed by atoms with Gasteiger partial charge in [0, 0.05) is 17.0 Å². The number of primary amides is 1. The van der Waals surface area contributed by atoms with E-state index < -0.39 is 53.1 Å². The number of carbonyl (C=O) groups is 2. The SMILES string of the molecule is NC(=O)c1ccc2cc(C(=O)N(C3CC3)C(c3cccc(C(F)(F)F)c3)C(F)(F)F)oc2c1. The molecule has 5 nitrogen and oxygen atoms in total. The van der Waals surface area contributed by atoms with E-state index in [1.54, 1.807) is 0 Å². The number of halogens is 6. The van der Waals surface area contributed by atoms with Crippen LogP contribution in [0.25, 0.3) is 11.0 Å². The molecule has 11 heteroatoms. The van der Waals surface area contributed by atoms with Crippen LogP contribution in [0.1, 0.15) is 50.9 Å². The fourth-order valence-corrected chi connectivity index (χ4v) is 3.66. The maximum atomic E-state index is 14.1. The zero-order chi connectivity index (χ0) is 24.1. The van der Waals surface area contributed by atoms with Gasteiger partial charge in [-0.2, -0.15) is 26.3 Å². The zero-order valence-electron chi connectivity index (χ0n) is 16.7. The fraction of sp³-hybridized carbons (Fsp3) is 0.273. The summed E-state index contributed by atoms with van der Waals surface area (Å²) in [6.45, 7) is 0. The van der Waals surface area contributed by atoms with Crippen molar-refractivity contribution in [3.63, 3.8) is 0 Å². The Bertz CT molecular complexity index is 1230. The van der Waals surface area contributed by atoms with Crippen LogP contribution in [-0.4, -0.2) is 28.9 Å². The predicted molar refractivity (Wildman–Crippen MR) is 104 cm³/mol. The van der Waals surface area contributed by atoms with Crippen LogP contribution in [0.4, 0.5) is 26.3 Å². The summed E-state index contributed by atoms with van der Waals surface area (Å²) in [4.78, 5) is 25.1. The van der Waals surface area contributed by atoms with E-state index in [0.717, 1.165) is 12.1 Å². The van der Waals surface area contributed by atoms with Crippen LogP contribution >= 0.6 is 0 Å². The van der Waals surface area contributed by atoms with Crippen molar-refractivity contribution >= 4 is 22.8 Å². The van der Waals surface area contributed by atoms with Crippen molar-refractivity contribution in [2.24, 2.45) is 5.73 Å². The summed E-state index contributed by atoms with van der Waals surface area (Å²) in [5.74, 6) is -2.31. The molecule has 2 N–H and O–H groups in total. The first-order valence-corrected chi connectivity index (χ1v) is 9.76. The van der Waals surface area contributed by atoms with Crippen LogP contribution in [0.15, 0.2) is 52.9 Å².